The van der Waals surface area contributed by atoms with E-state index in [1.165, 1.54) is 4.90 Å². The fourth-order valence-corrected chi connectivity index (χ4v) is 2.59. The molecule has 1 aliphatic heterocycles. The van der Waals surface area contributed by atoms with E-state index >= 15 is 0 Å². The number of hydrogen-bond donors (Lipinski definition) is 1. The van der Waals surface area contributed by atoms with Crippen LogP contribution in [0.15, 0.2) is 0 Å². The molecule has 3 amide bonds. The Balaban J connectivity index is 2.15. The lowest BCUT2D eigenvalue weighted by Gasteiger charge is -2.43. The van der Waals surface area contributed by atoms with Gasteiger partial charge in [0.05, 0.1) is 5.41 Å². The van der Waals surface area contributed by atoms with Gasteiger partial charge in [0.2, 0.25) is 5.91 Å². The smallest absolute Gasteiger partial charge is 0.323 e. The largest absolute Gasteiger partial charge is 0.337 e. The lowest BCUT2D eigenvalue weighted by Crippen LogP contribution is -2.60. The molecule has 0 aromatic carbocycles. The maximum Gasteiger partial charge on any atom is 0.323 e. The summed E-state index contributed by atoms with van der Waals surface area (Å²) in [5, 5.41) is 2.80. The van der Waals surface area contributed by atoms with Gasteiger partial charge in [-0.2, -0.15) is 0 Å². The van der Waals surface area contributed by atoms with Gasteiger partial charge in [0, 0.05) is 13.6 Å². The summed E-state index contributed by atoms with van der Waals surface area (Å²) in [6, 6.07) is -0.260. The Morgan fingerprint density at radius 3 is 2.53 bits per heavy atom. The van der Waals surface area contributed by atoms with Crippen LogP contribution in [0.3, 0.4) is 0 Å². The Labute approximate surface area is 90.0 Å². The highest BCUT2D eigenvalue weighted by atomic mass is 16.2. The molecule has 1 saturated heterocycles. The fourth-order valence-electron chi connectivity index (χ4n) is 2.59. The molecule has 84 valence electrons. The highest BCUT2D eigenvalue weighted by Gasteiger charge is 2.46. The standard InChI is InChI=1S/C11H18N2O2/c1-8-3-5-11(6-4-8)7-12-10(15)13(2)9(11)14/h8H,3-7H2,1-2H3,(H,12,15). The minimum Gasteiger partial charge on any atom is -0.337 e. The average Bonchev–Trinajstić information content (AvgIpc) is 2.25. The molecule has 4 nitrogen and oxygen atoms in total. The van der Waals surface area contributed by atoms with E-state index in [1.807, 2.05) is 0 Å². The van der Waals surface area contributed by atoms with Gasteiger partial charge in [0.25, 0.3) is 0 Å². The molecule has 2 fully saturated rings. The first-order chi connectivity index (χ1) is 7.05. The molecule has 15 heavy (non-hydrogen) atoms. The molecule has 2 rings (SSSR count). The van der Waals surface area contributed by atoms with Crippen molar-refractivity contribution in [3.63, 3.8) is 0 Å². The van der Waals surface area contributed by atoms with Crippen molar-refractivity contribution < 1.29 is 9.59 Å². The van der Waals surface area contributed by atoms with E-state index in [4.69, 9.17) is 0 Å². The van der Waals surface area contributed by atoms with Crippen LogP contribution in [0.1, 0.15) is 32.6 Å². The summed E-state index contributed by atoms with van der Waals surface area (Å²) in [5.74, 6) is 0.726. The van der Waals surface area contributed by atoms with E-state index in [0.717, 1.165) is 25.7 Å². The van der Waals surface area contributed by atoms with E-state index in [1.54, 1.807) is 7.05 Å². The van der Waals surface area contributed by atoms with E-state index < -0.39 is 0 Å². The van der Waals surface area contributed by atoms with Crippen LogP contribution in [0.4, 0.5) is 4.79 Å². The molecule has 1 heterocycles. The van der Waals surface area contributed by atoms with Crippen LogP contribution in [-0.2, 0) is 4.79 Å². The lowest BCUT2D eigenvalue weighted by molar-refractivity contribution is -0.142. The van der Waals surface area contributed by atoms with Crippen molar-refractivity contribution in [3.05, 3.63) is 0 Å². The Morgan fingerprint density at radius 1 is 1.33 bits per heavy atom. The monoisotopic (exact) mass is 210 g/mol. The maximum absolute atomic E-state index is 12.1. The SMILES string of the molecule is CC1CCC2(CC1)CNC(=O)N(C)C2=O. The van der Waals surface area contributed by atoms with Gasteiger partial charge in [-0.1, -0.05) is 6.92 Å². The van der Waals surface area contributed by atoms with Crippen molar-refractivity contribution in [3.8, 4) is 0 Å². The predicted octanol–water partition coefficient (Wildman–Crippen LogP) is 1.36. The van der Waals surface area contributed by atoms with Gasteiger partial charge >= 0.3 is 6.03 Å². The first-order valence-electron chi connectivity index (χ1n) is 5.61. The summed E-state index contributed by atoms with van der Waals surface area (Å²) in [4.78, 5) is 24.6. The van der Waals surface area contributed by atoms with Crippen molar-refractivity contribution in [2.24, 2.45) is 11.3 Å². The Morgan fingerprint density at radius 2 is 1.93 bits per heavy atom. The molecule has 4 heteroatoms. The van der Waals surface area contributed by atoms with Gasteiger partial charge < -0.3 is 5.32 Å². The minimum absolute atomic E-state index is 0.0122. The molecule has 1 spiro atoms. The quantitative estimate of drug-likeness (QED) is 0.656. The first kappa shape index (κ1) is 10.5. The zero-order chi connectivity index (χ0) is 11.1. The number of imide groups is 1. The van der Waals surface area contributed by atoms with Gasteiger partial charge in [-0.3, -0.25) is 9.69 Å². The summed E-state index contributed by atoms with van der Waals surface area (Å²) in [7, 11) is 1.57. The summed E-state index contributed by atoms with van der Waals surface area (Å²) < 4.78 is 0. The third kappa shape index (κ3) is 1.62. The highest BCUT2D eigenvalue weighted by molar-refractivity contribution is 5.99. The molecule has 0 bridgehead atoms. The number of nitrogens with one attached hydrogen (secondary N) is 1. The molecular formula is C11H18N2O2. The molecule has 1 N–H and O–H groups in total. The Kier molecular flexibility index (Phi) is 2.44. The number of amides is 3. The van der Waals surface area contributed by atoms with Crippen molar-refractivity contribution in [2.75, 3.05) is 13.6 Å². The molecule has 0 unspecified atom stereocenters. The van der Waals surface area contributed by atoms with Gasteiger partial charge in [0.1, 0.15) is 0 Å². The zero-order valence-corrected chi connectivity index (χ0v) is 9.38. The van der Waals surface area contributed by atoms with Crippen LogP contribution in [0.5, 0.6) is 0 Å². The minimum atomic E-state index is -0.296. The van der Waals surface area contributed by atoms with Crippen LogP contribution in [0, 0.1) is 11.3 Å². The first-order valence-corrected chi connectivity index (χ1v) is 5.61. The predicted molar refractivity (Wildman–Crippen MR) is 56.2 cm³/mol. The fraction of sp³-hybridized carbons (Fsp3) is 0.818. The Hall–Kier alpha value is -1.06. The number of hydrogen-bond acceptors (Lipinski definition) is 2. The number of carbonyl (C=O) groups is 2. The third-order valence-electron chi connectivity index (χ3n) is 3.87. The van der Waals surface area contributed by atoms with E-state index in [-0.39, 0.29) is 17.4 Å². The second kappa shape index (κ2) is 3.51. The van der Waals surface area contributed by atoms with E-state index in [2.05, 4.69) is 12.2 Å². The van der Waals surface area contributed by atoms with E-state index in [0.29, 0.717) is 12.5 Å². The van der Waals surface area contributed by atoms with Crippen LogP contribution in [0.25, 0.3) is 0 Å². The lowest BCUT2D eigenvalue weighted by atomic mass is 9.69. The van der Waals surface area contributed by atoms with Gasteiger partial charge in [-0.15, -0.1) is 0 Å². The van der Waals surface area contributed by atoms with Gasteiger partial charge in [-0.05, 0) is 31.6 Å². The van der Waals surface area contributed by atoms with E-state index in [9.17, 15) is 9.59 Å². The number of nitrogens with zero attached hydrogens (tertiary/aromatic N) is 1. The van der Waals surface area contributed by atoms with Crippen LogP contribution < -0.4 is 5.32 Å². The molecular weight excluding hydrogens is 192 g/mol. The van der Waals surface area contributed by atoms with Gasteiger partial charge in [0.15, 0.2) is 0 Å². The second-order valence-electron chi connectivity index (χ2n) is 4.99. The average molecular weight is 210 g/mol. The summed E-state index contributed by atoms with van der Waals surface area (Å²) in [5.41, 5.74) is -0.296. The molecule has 1 aliphatic carbocycles. The molecule has 0 atom stereocenters. The number of rotatable bonds is 0. The highest BCUT2D eigenvalue weighted by Crippen LogP contribution is 2.40. The number of carbonyl (C=O) groups excluding carboxylic acids is 2. The molecule has 0 radical (unpaired) electrons. The van der Waals surface area contributed by atoms with Crippen molar-refractivity contribution in [1.82, 2.24) is 10.2 Å². The summed E-state index contributed by atoms with van der Waals surface area (Å²) in [6.45, 7) is 2.75. The zero-order valence-electron chi connectivity index (χ0n) is 9.38. The van der Waals surface area contributed by atoms with Crippen molar-refractivity contribution >= 4 is 11.9 Å². The van der Waals surface area contributed by atoms with Crippen LogP contribution >= 0.6 is 0 Å². The summed E-state index contributed by atoms with van der Waals surface area (Å²) in [6.07, 6.45) is 4.01. The topological polar surface area (TPSA) is 49.4 Å². The van der Waals surface area contributed by atoms with Gasteiger partial charge in [-0.25, -0.2) is 4.79 Å². The molecule has 1 saturated carbocycles. The molecule has 0 aromatic heterocycles. The Bertz CT molecular complexity index is 293. The molecule has 0 aromatic rings. The summed E-state index contributed by atoms with van der Waals surface area (Å²) >= 11 is 0. The van der Waals surface area contributed by atoms with Crippen molar-refractivity contribution in [2.45, 2.75) is 32.6 Å². The van der Waals surface area contributed by atoms with Crippen LogP contribution in [0.2, 0.25) is 0 Å². The number of urea groups is 1. The second-order valence-corrected chi connectivity index (χ2v) is 4.99. The third-order valence-corrected chi connectivity index (χ3v) is 3.87. The van der Waals surface area contributed by atoms with Crippen LogP contribution in [-0.4, -0.2) is 30.4 Å². The maximum atomic E-state index is 12.1. The molecule has 2 aliphatic rings. The normalized spacial score (nSPS) is 36.9. The van der Waals surface area contributed by atoms with Crippen molar-refractivity contribution in [1.29, 1.82) is 0 Å².